The van der Waals surface area contributed by atoms with Crippen LogP contribution in [0.5, 0.6) is 0 Å². The van der Waals surface area contributed by atoms with Crippen LogP contribution in [-0.4, -0.2) is 12.1 Å². The Morgan fingerprint density at radius 1 is 1.58 bits per heavy atom. The normalized spacial score (nSPS) is 61.0. The van der Waals surface area contributed by atoms with Crippen molar-refractivity contribution in [3.05, 3.63) is 0 Å². The summed E-state index contributed by atoms with van der Waals surface area (Å²) in [7, 11) is 0. The molecule has 0 amide bonds. The van der Waals surface area contributed by atoms with E-state index >= 15 is 0 Å². The summed E-state index contributed by atoms with van der Waals surface area (Å²) < 4.78 is 5.42. The van der Waals surface area contributed by atoms with Crippen LogP contribution in [0.3, 0.4) is 0 Å². The van der Waals surface area contributed by atoms with Crippen LogP contribution in [0.25, 0.3) is 0 Å². The van der Waals surface area contributed by atoms with Crippen molar-refractivity contribution in [1.82, 2.24) is 0 Å². The monoisotopic (exact) mass is 166 g/mol. The fraction of sp³-hybridized carbons (Fsp3) is 0.900. The maximum atomic E-state index is 11.5. The van der Waals surface area contributed by atoms with Crippen molar-refractivity contribution in [2.24, 2.45) is 23.2 Å². The molecule has 2 aliphatic carbocycles. The highest BCUT2D eigenvalue weighted by molar-refractivity contribution is 5.80. The second kappa shape index (κ2) is 1.70. The summed E-state index contributed by atoms with van der Waals surface area (Å²) in [4.78, 5) is 11.5. The Morgan fingerprint density at radius 3 is 2.92 bits per heavy atom. The van der Waals surface area contributed by atoms with E-state index in [0.29, 0.717) is 11.8 Å². The lowest BCUT2D eigenvalue weighted by molar-refractivity contribution is -0.147. The van der Waals surface area contributed by atoms with E-state index in [0.717, 1.165) is 12.3 Å². The van der Waals surface area contributed by atoms with Crippen LogP contribution in [0.4, 0.5) is 0 Å². The van der Waals surface area contributed by atoms with E-state index in [9.17, 15) is 4.79 Å². The number of ether oxygens (including phenoxy) is 1. The average Bonchev–Trinajstić information content (AvgIpc) is 2.53. The number of fused-ring (bicyclic) bond motifs is 1. The van der Waals surface area contributed by atoms with Crippen LogP contribution in [0.2, 0.25) is 0 Å². The molecule has 2 bridgehead atoms. The topological polar surface area (TPSA) is 26.3 Å². The molecule has 5 atom stereocenters. The third kappa shape index (κ3) is 0.511. The Morgan fingerprint density at radius 2 is 2.33 bits per heavy atom. The Bertz CT molecular complexity index is 261. The molecule has 2 nitrogen and oxygen atoms in total. The molecule has 3 aliphatic rings. The Balaban J connectivity index is 2.09. The number of rotatable bonds is 0. The minimum absolute atomic E-state index is 0.0735. The summed E-state index contributed by atoms with van der Waals surface area (Å²) in [6, 6.07) is 0. The lowest BCUT2D eigenvalue weighted by atomic mass is 9.73. The molecule has 2 heteroatoms. The molecule has 1 aliphatic heterocycles. The van der Waals surface area contributed by atoms with Gasteiger partial charge in [-0.1, -0.05) is 6.92 Å². The van der Waals surface area contributed by atoms with Crippen LogP contribution in [0.1, 0.15) is 26.7 Å². The van der Waals surface area contributed by atoms with E-state index in [-0.39, 0.29) is 17.5 Å². The van der Waals surface area contributed by atoms with Crippen molar-refractivity contribution in [2.45, 2.75) is 32.8 Å². The van der Waals surface area contributed by atoms with Crippen molar-refractivity contribution < 1.29 is 9.53 Å². The molecule has 3 rings (SSSR count). The molecule has 3 fully saturated rings. The summed E-state index contributed by atoms with van der Waals surface area (Å²) in [5.74, 6) is 2.00. The fourth-order valence-corrected chi connectivity index (χ4v) is 3.58. The number of hydrogen-bond acceptors (Lipinski definition) is 2. The highest BCUT2D eigenvalue weighted by atomic mass is 16.6. The van der Waals surface area contributed by atoms with Gasteiger partial charge in [0.1, 0.15) is 6.10 Å². The third-order valence-corrected chi connectivity index (χ3v) is 4.43. The minimum Gasteiger partial charge on any atom is -0.461 e. The van der Waals surface area contributed by atoms with Gasteiger partial charge in [-0.15, -0.1) is 0 Å². The molecule has 1 saturated heterocycles. The van der Waals surface area contributed by atoms with E-state index in [1.165, 1.54) is 6.42 Å². The van der Waals surface area contributed by atoms with Crippen LogP contribution in [-0.2, 0) is 9.53 Å². The first-order chi connectivity index (χ1) is 5.63. The van der Waals surface area contributed by atoms with Crippen molar-refractivity contribution in [3.8, 4) is 0 Å². The number of esters is 1. The van der Waals surface area contributed by atoms with Gasteiger partial charge in [0.05, 0.1) is 5.41 Å². The van der Waals surface area contributed by atoms with Crippen LogP contribution in [0.15, 0.2) is 0 Å². The molecule has 0 spiro atoms. The van der Waals surface area contributed by atoms with Gasteiger partial charge in [0.2, 0.25) is 0 Å². The van der Waals surface area contributed by atoms with Crippen molar-refractivity contribution in [1.29, 1.82) is 0 Å². The standard InChI is InChI=1S/C10H14O2/c1-5-6-3-7-8(5)12-9(11)10(7,2)4-6/h5-8H,3-4H2,1-2H3. The zero-order valence-electron chi connectivity index (χ0n) is 7.54. The second-order valence-electron chi connectivity index (χ2n) is 4.95. The van der Waals surface area contributed by atoms with Crippen LogP contribution >= 0.6 is 0 Å². The summed E-state index contributed by atoms with van der Waals surface area (Å²) in [6.45, 7) is 4.32. The number of carbonyl (C=O) groups is 1. The lowest BCUT2D eigenvalue weighted by Crippen LogP contribution is -2.31. The zero-order valence-corrected chi connectivity index (χ0v) is 7.54. The van der Waals surface area contributed by atoms with E-state index < -0.39 is 0 Å². The number of hydrogen-bond donors (Lipinski definition) is 0. The summed E-state index contributed by atoms with van der Waals surface area (Å²) in [6.07, 6.45) is 2.57. The van der Waals surface area contributed by atoms with E-state index in [2.05, 4.69) is 13.8 Å². The molecule has 2 saturated carbocycles. The molecule has 0 aromatic carbocycles. The van der Waals surface area contributed by atoms with Crippen molar-refractivity contribution >= 4 is 5.97 Å². The molecule has 66 valence electrons. The Labute approximate surface area is 72.3 Å². The first kappa shape index (κ1) is 6.93. The van der Waals surface area contributed by atoms with E-state index in [4.69, 9.17) is 4.74 Å². The molecule has 0 aromatic heterocycles. The Kier molecular flexibility index (Phi) is 0.984. The molecule has 0 N–H and O–H groups in total. The highest BCUT2D eigenvalue weighted by Crippen LogP contribution is 2.63. The van der Waals surface area contributed by atoms with Crippen LogP contribution in [0, 0.1) is 23.2 Å². The molecule has 1 heterocycles. The quantitative estimate of drug-likeness (QED) is 0.511. The SMILES string of the molecule is CC1C2CC3C1OC(=O)C3(C)C2. The minimum atomic E-state index is -0.0954. The van der Waals surface area contributed by atoms with Gasteiger partial charge in [-0.25, -0.2) is 0 Å². The highest BCUT2D eigenvalue weighted by Gasteiger charge is 2.66. The maximum Gasteiger partial charge on any atom is 0.312 e. The zero-order chi connectivity index (χ0) is 8.51. The number of carbonyl (C=O) groups excluding carboxylic acids is 1. The smallest absolute Gasteiger partial charge is 0.312 e. The van der Waals surface area contributed by atoms with Gasteiger partial charge in [0.25, 0.3) is 0 Å². The lowest BCUT2D eigenvalue weighted by Gasteiger charge is -2.26. The molecular weight excluding hydrogens is 152 g/mol. The molecule has 5 unspecified atom stereocenters. The van der Waals surface area contributed by atoms with Crippen molar-refractivity contribution in [3.63, 3.8) is 0 Å². The molecule has 12 heavy (non-hydrogen) atoms. The predicted octanol–water partition coefficient (Wildman–Crippen LogP) is 1.59. The van der Waals surface area contributed by atoms with Gasteiger partial charge in [0, 0.05) is 5.92 Å². The summed E-state index contributed by atoms with van der Waals surface area (Å²) in [5, 5.41) is 0. The summed E-state index contributed by atoms with van der Waals surface area (Å²) >= 11 is 0. The summed E-state index contributed by atoms with van der Waals surface area (Å²) in [5.41, 5.74) is -0.0954. The van der Waals surface area contributed by atoms with Gasteiger partial charge >= 0.3 is 5.97 Å². The molecule has 0 radical (unpaired) electrons. The molecule has 0 aromatic rings. The van der Waals surface area contributed by atoms with Crippen molar-refractivity contribution in [2.75, 3.05) is 0 Å². The van der Waals surface area contributed by atoms with Gasteiger partial charge in [-0.2, -0.15) is 0 Å². The van der Waals surface area contributed by atoms with Gasteiger partial charge < -0.3 is 4.74 Å². The average molecular weight is 166 g/mol. The fourth-order valence-electron chi connectivity index (χ4n) is 3.58. The first-order valence-electron chi connectivity index (χ1n) is 4.84. The Hall–Kier alpha value is -0.530. The maximum absolute atomic E-state index is 11.5. The van der Waals surface area contributed by atoms with Crippen LogP contribution < -0.4 is 0 Å². The van der Waals surface area contributed by atoms with Gasteiger partial charge in [0.15, 0.2) is 0 Å². The van der Waals surface area contributed by atoms with Gasteiger partial charge in [-0.3, -0.25) is 4.79 Å². The first-order valence-corrected chi connectivity index (χ1v) is 4.84. The van der Waals surface area contributed by atoms with Gasteiger partial charge in [-0.05, 0) is 31.6 Å². The predicted molar refractivity (Wildman–Crippen MR) is 43.4 cm³/mol. The van der Waals surface area contributed by atoms with E-state index in [1.807, 2.05) is 0 Å². The largest absolute Gasteiger partial charge is 0.461 e. The third-order valence-electron chi connectivity index (χ3n) is 4.43. The molecular formula is C10H14O2. The van der Waals surface area contributed by atoms with E-state index in [1.54, 1.807) is 0 Å². The second-order valence-corrected chi connectivity index (χ2v) is 4.95.